The Balaban J connectivity index is 2.65. The van der Waals surface area contributed by atoms with Gasteiger partial charge in [0, 0.05) is 0 Å². The van der Waals surface area contributed by atoms with Crippen molar-refractivity contribution >= 4 is 13.3 Å². The zero-order valence-corrected chi connectivity index (χ0v) is 11.5. The van der Waals surface area contributed by atoms with Gasteiger partial charge in [-0.1, -0.05) is 50.8 Å². The molecule has 0 bridgehead atoms. The van der Waals surface area contributed by atoms with Crippen molar-refractivity contribution in [3.63, 3.8) is 0 Å². The summed E-state index contributed by atoms with van der Waals surface area (Å²) in [6, 6.07) is 8.61. The van der Waals surface area contributed by atoms with Crippen molar-refractivity contribution in [1.82, 2.24) is 0 Å². The van der Waals surface area contributed by atoms with Crippen molar-refractivity contribution < 1.29 is 4.74 Å². The molecule has 0 aliphatic carbocycles. The highest BCUT2D eigenvalue weighted by atomic mass is 28.3. The van der Waals surface area contributed by atoms with E-state index in [-0.39, 0.29) is 0 Å². The molecule has 84 valence electrons. The molecule has 2 heteroatoms. The first-order valence-electron chi connectivity index (χ1n) is 5.63. The molecule has 0 aliphatic heterocycles. The van der Waals surface area contributed by atoms with Gasteiger partial charge in [0.25, 0.3) is 0 Å². The summed E-state index contributed by atoms with van der Waals surface area (Å²) in [4.78, 5) is 0. The predicted octanol–water partition coefficient (Wildman–Crippen LogP) is 3.27. The molecule has 0 fully saturated rings. The summed E-state index contributed by atoms with van der Waals surface area (Å²) in [5.41, 5.74) is 0. The van der Waals surface area contributed by atoms with Crippen molar-refractivity contribution in [2.75, 3.05) is 6.61 Å². The largest absolute Gasteiger partial charge is 0.493 e. The number of hydrogen-bond acceptors (Lipinski definition) is 1. The molecule has 1 aromatic carbocycles. The summed E-state index contributed by atoms with van der Waals surface area (Å²) in [5.74, 6) is 1.58. The standard InChI is InChI=1S/C13H22OSi/c1-11(2)10-14-12-6-8-13(9-7-12)15(3,4)5/h6-9,11H,10H2,1-5H3. The van der Waals surface area contributed by atoms with Gasteiger partial charge >= 0.3 is 0 Å². The molecule has 15 heavy (non-hydrogen) atoms. The van der Waals surface area contributed by atoms with Crippen molar-refractivity contribution in [2.24, 2.45) is 5.92 Å². The average Bonchev–Trinajstić information content (AvgIpc) is 2.14. The molecule has 0 amide bonds. The molecule has 0 radical (unpaired) electrons. The fourth-order valence-corrected chi connectivity index (χ4v) is 2.48. The van der Waals surface area contributed by atoms with Crippen LogP contribution in [-0.4, -0.2) is 14.7 Å². The van der Waals surface area contributed by atoms with Crippen LogP contribution in [-0.2, 0) is 0 Å². The molecule has 0 unspecified atom stereocenters. The summed E-state index contributed by atoms with van der Waals surface area (Å²) in [6.45, 7) is 12.2. The quantitative estimate of drug-likeness (QED) is 0.711. The molecule has 0 spiro atoms. The molecular formula is C13H22OSi. The van der Waals surface area contributed by atoms with Crippen LogP contribution in [0, 0.1) is 5.92 Å². The Morgan fingerprint density at radius 1 is 1.07 bits per heavy atom. The minimum atomic E-state index is -1.16. The maximum absolute atomic E-state index is 5.65. The van der Waals surface area contributed by atoms with Crippen LogP contribution in [0.5, 0.6) is 5.75 Å². The summed E-state index contributed by atoms with van der Waals surface area (Å²) >= 11 is 0. The van der Waals surface area contributed by atoms with Crippen LogP contribution in [0.25, 0.3) is 0 Å². The molecule has 0 saturated heterocycles. The molecule has 0 aliphatic rings. The van der Waals surface area contributed by atoms with Gasteiger partial charge in [-0.25, -0.2) is 0 Å². The van der Waals surface area contributed by atoms with Gasteiger partial charge in [-0.15, -0.1) is 0 Å². The maximum Gasteiger partial charge on any atom is 0.119 e. The van der Waals surface area contributed by atoms with E-state index in [0.717, 1.165) is 12.4 Å². The van der Waals surface area contributed by atoms with E-state index in [4.69, 9.17) is 4.74 Å². The fraction of sp³-hybridized carbons (Fsp3) is 0.538. The molecular weight excluding hydrogens is 200 g/mol. The Kier molecular flexibility index (Phi) is 3.97. The highest BCUT2D eigenvalue weighted by molar-refractivity contribution is 6.88. The summed E-state index contributed by atoms with van der Waals surface area (Å²) in [7, 11) is -1.16. The normalized spacial score (nSPS) is 11.9. The summed E-state index contributed by atoms with van der Waals surface area (Å²) in [6.07, 6.45) is 0. The van der Waals surface area contributed by atoms with E-state index in [1.54, 1.807) is 0 Å². The van der Waals surface area contributed by atoms with E-state index >= 15 is 0 Å². The fourth-order valence-electron chi connectivity index (χ4n) is 1.31. The van der Waals surface area contributed by atoms with Crippen molar-refractivity contribution in [3.05, 3.63) is 24.3 Å². The highest BCUT2D eigenvalue weighted by Crippen LogP contribution is 2.11. The van der Waals surface area contributed by atoms with E-state index in [2.05, 4.69) is 57.8 Å². The first-order valence-corrected chi connectivity index (χ1v) is 9.13. The molecule has 1 rings (SSSR count). The van der Waals surface area contributed by atoms with Crippen molar-refractivity contribution in [1.29, 1.82) is 0 Å². The Bertz CT molecular complexity index is 295. The van der Waals surface area contributed by atoms with Crippen molar-refractivity contribution in [2.45, 2.75) is 33.5 Å². The average molecular weight is 222 g/mol. The van der Waals surface area contributed by atoms with E-state index in [1.807, 2.05) is 0 Å². The van der Waals surface area contributed by atoms with Gasteiger partial charge in [-0.2, -0.15) is 0 Å². The second-order valence-electron chi connectivity index (χ2n) is 5.48. The minimum absolute atomic E-state index is 0.585. The third kappa shape index (κ3) is 4.08. The molecule has 1 aromatic rings. The second kappa shape index (κ2) is 4.84. The Labute approximate surface area is 94.5 Å². The lowest BCUT2D eigenvalue weighted by molar-refractivity contribution is 0.271. The maximum atomic E-state index is 5.65. The van der Waals surface area contributed by atoms with Gasteiger partial charge in [0.05, 0.1) is 14.7 Å². The monoisotopic (exact) mass is 222 g/mol. The van der Waals surface area contributed by atoms with E-state index in [9.17, 15) is 0 Å². The van der Waals surface area contributed by atoms with E-state index < -0.39 is 8.07 Å². The topological polar surface area (TPSA) is 9.23 Å². The molecule has 0 heterocycles. The van der Waals surface area contributed by atoms with Crippen LogP contribution in [0.2, 0.25) is 19.6 Å². The molecule has 1 nitrogen and oxygen atoms in total. The lowest BCUT2D eigenvalue weighted by atomic mass is 10.2. The minimum Gasteiger partial charge on any atom is -0.493 e. The van der Waals surface area contributed by atoms with Crippen LogP contribution in [0.1, 0.15) is 13.8 Å². The lowest BCUT2D eigenvalue weighted by Crippen LogP contribution is -2.37. The predicted molar refractivity (Wildman–Crippen MR) is 69.8 cm³/mol. The number of ether oxygens (including phenoxy) is 1. The third-order valence-electron chi connectivity index (χ3n) is 2.30. The SMILES string of the molecule is CC(C)COc1ccc([Si](C)(C)C)cc1. The van der Waals surface area contributed by atoms with Crippen LogP contribution < -0.4 is 9.92 Å². The third-order valence-corrected chi connectivity index (χ3v) is 4.37. The first-order chi connectivity index (χ1) is 6.89. The van der Waals surface area contributed by atoms with Crippen LogP contribution in [0.3, 0.4) is 0 Å². The summed E-state index contributed by atoms with van der Waals surface area (Å²) < 4.78 is 5.65. The van der Waals surface area contributed by atoms with Gasteiger partial charge in [-0.3, -0.25) is 0 Å². The van der Waals surface area contributed by atoms with Gasteiger partial charge < -0.3 is 4.74 Å². The Morgan fingerprint density at radius 3 is 2.00 bits per heavy atom. The lowest BCUT2D eigenvalue weighted by Gasteiger charge is -2.17. The van der Waals surface area contributed by atoms with E-state index in [0.29, 0.717) is 5.92 Å². The van der Waals surface area contributed by atoms with Gasteiger partial charge in [-0.05, 0) is 18.1 Å². The second-order valence-corrected chi connectivity index (χ2v) is 10.6. The van der Waals surface area contributed by atoms with Crippen molar-refractivity contribution in [3.8, 4) is 5.75 Å². The van der Waals surface area contributed by atoms with Crippen LogP contribution in [0.4, 0.5) is 0 Å². The molecule has 0 N–H and O–H groups in total. The summed E-state index contributed by atoms with van der Waals surface area (Å²) in [5, 5.41) is 1.49. The number of rotatable bonds is 4. The van der Waals surface area contributed by atoms with Gasteiger partial charge in [0.1, 0.15) is 5.75 Å². The smallest absolute Gasteiger partial charge is 0.119 e. The Hall–Kier alpha value is -0.763. The highest BCUT2D eigenvalue weighted by Gasteiger charge is 2.15. The van der Waals surface area contributed by atoms with Gasteiger partial charge in [0.15, 0.2) is 0 Å². The molecule has 0 aromatic heterocycles. The van der Waals surface area contributed by atoms with E-state index in [1.165, 1.54) is 5.19 Å². The first kappa shape index (κ1) is 12.3. The molecule has 0 saturated carbocycles. The zero-order chi connectivity index (χ0) is 11.5. The van der Waals surface area contributed by atoms with Crippen LogP contribution in [0.15, 0.2) is 24.3 Å². The number of benzene rings is 1. The molecule has 0 atom stereocenters. The van der Waals surface area contributed by atoms with Gasteiger partial charge in [0.2, 0.25) is 0 Å². The van der Waals surface area contributed by atoms with Crippen LogP contribution >= 0.6 is 0 Å². The Morgan fingerprint density at radius 2 is 1.60 bits per heavy atom. The number of hydrogen-bond donors (Lipinski definition) is 0. The zero-order valence-electron chi connectivity index (χ0n) is 10.5.